The van der Waals surface area contributed by atoms with E-state index in [-0.39, 0.29) is 17.9 Å². The molecule has 0 spiro atoms. The number of carbonyl (C=O) groups is 1. The van der Waals surface area contributed by atoms with Crippen LogP contribution in [0.15, 0.2) is 66.3 Å². The van der Waals surface area contributed by atoms with E-state index in [0.717, 1.165) is 22.7 Å². The second-order valence-electron chi connectivity index (χ2n) is 7.05. The van der Waals surface area contributed by atoms with E-state index >= 15 is 0 Å². The molecule has 27 heavy (non-hydrogen) atoms. The second-order valence-corrected chi connectivity index (χ2v) is 7.98. The molecule has 0 saturated heterocycles. The van der Waals surface area contributed by atoms with Crippen molar-refractivity contribution in [1.29, 1.82) is 0 Å². The minimum absolute atomic E-state index is 0.0210. The fourth-order valence-electron chi connectivity index (χ4n) is 3.15. The van der Waals surface area contributed by atoms with Gasteiger partial charge in [-0.1, -0.05) is 50.2 Å². The molecule has 1 aromatic carbocycles. The van der Waals surface area contributed by atoms with Gasteiger partial charge in [0.2, 0.25) is 5.91 Å². The fraction of sp³-hybridized carbons (Fsp3) is 0.318. The fourth-order valence-corrected chi connectivity index (χ4v) is 3.85. The average molecular weight is 380 g/mol. The molecule has 0 aliphatic heterocycles. The van der Waals surface area contributed by atoms with Gasteiger partial charge < -0.3 is 5.32 Å². The van der Waals surface area contributed by atoms with Crippen LogP contribution in [0.5, 0.6) is 0 Å². The number of nitrogens with zero attached hydrogens (tertiary/aromatic N) is 2. The van der Waals surface area contributed by atoms with E-state index in [0.29, 0.717) is 12.3 Å². The van der Waals surface area contributed by atoms with Crippen molar-refractivity contribution in [3.05, 3.63) is 82.6 Å². The second kappa shape index (κ2) is 9.42. The first-order chi connectivity index (χ1) is 13.1. The van der Waals surface area contributed by atoms with Gasteiger partial charge in [0.15, 0.2) is 0 Å². The summed E-state index contributed by atoms with van der Waals surface area (Å²) in [5.74, 6) is 0.202. The molecule has 4 nitrogen and oxygen atoms in total. The number of benzene rings is 1. The van der Waals surface area contributed by atoms with Crippen LogP contribution >= 0.6 is 11.3 Å². The number of thiazole rings is 1. The number of amides is 1. The molecule has 3 aromatic rings. The van der Waals surface area contributed by atoms with Gasteiger partial charge in [0.05, 0.1) is 12.0 Å². The Balaban J connectivity index is 1.83. The summed E-state index contributed by atoms with van der Waals surface area (Å²) in [5.41, 5.74) is 1.92. The van der Waals surface area contributed by atoms with Crippen molar-refractivity contribution in [1.82, 2.24) is 15.3 Å². The first-order valence-electron chi connectivity index (χ1n) is 9.28. The monoisotopic (exact) mass is 379 g/mol. The zero-order chi connectivity index (χ0) is 19.1. The minimum Gasteiger partial charge on any atom is -0.346 e. The van der Waals surface area contributed by atoms with Crippen LogP contribution in [0.3, 0.4) is 0 Å². The molecule has 1 amide bonds. The number of carbonyl (C=O) groups excluding carboxylic acids is 1. The van der Waals surface area contributed by atoms with E-state index in [2.05, 4.69) is 29.1 Å². The number of nitrogens with one attached hydrogen (secondary N) is 1. The van der Waals surface area contributed by atoms with Crippen molar-refractivity contribution >= 4 is 17.2 Å². The molecule has 0 fully saturated rings. The van der Waals surface area contributed by atoms with Gasteiger partial charge in [-0.15, -0.1) is 11.3 Å². The lowest BCUT2D eigenvalue weighted by Crippen LogP contribution is -2.34. The first kappa shape index (κ1) is 19.2. The first-order valence-corrected chi connectivity index (χ1v) is 10.2. The number of hydrogen-bond donors (Lipinski definition) is 1. The summed E-state index contributed by atoms with van der Waals surface area (Å²) in [5, 5.41) is 6.17. The van der Waals surface area contributed by atoms with Crippen molar-refractivity contribution < 1.29 is 4.79 Å². The van der Waals surface area contributed by atoms with Crippen LogP contribution in [0.4, 0.5) is 0 Å². The Hall–Kier alpha value is -2.53. The summed E-state index contributed by atoms with van der Waals surface area (Å²) in [6.07, 6.45) is 5.00. The highest BCUT2D eigenvalue weighted by atomic mass is 32.1. The lowest BCUT2D eigenvalue weighted by Gasteiger charge is -2.23. The third-order valence-corrected chi connectivity index (χ3v) is 5.32. The van der Waals surface area contributed by atoms with Gasteiger partial charge in [-0.25, -0.2) is 4.98 Å². The summed E-state index contributed by atoms with van der Waals surface area (Å²) in [4.78, 5) is 22.1. The number of pyridine rings is 1. The van der Waals surface area contributed by atoms with Crippen molar-refractivity contribution in [3.8, 4) is 0 Å². The minimum atomic E-state index is -0.282. The zero-order valence-electron chi connectivity index (χ0n) is 15.7. The van der Waals surface area contributed by atoms with Crippen molar-refractivity contribution in [3.63, 3.8) is 0 Å². The number of aromatic nitrogens is 2. The number of rotatable bonds is 8. The van der Waals surface area contributed by atoms with Crippen LogP contribution in [0.1, 0.15) is 48.5 Å². The van der Waals surface area contributed by atoms with E-state index in [1.807, 2.05) is 53.9 Å². The van der Waals surface area contributed by atoms with Crippen molar-refractivity contribution in [2.45, 2.75) is 38.6 Å². The van der Waals surface area contributed by atoms with Crippen LogP contribution in [0, 0.1) is 5.92 Å². The maximum atomic E-state index is 13.3. The molecule has 2 aromatic heterocycles. The standard InChI is InChI=1S/C22H25N3OS/c1-16(2)14-20(22-24-12-13-27-22)25-21(26)19(17-8-4-3-5-9-17)15-18-10-6-7-11-23-18/h3-13,16,19-20H,14-15H2,1-2H3,(H,25,26). The van der Waals surface area contributed by atoms with Gasteiger partial charge in [0.25, 0.3) is 0 Å². The van der Waals surface area contributed by atoms with Gasteiger partial charge >= 0.3 is 0 Å². The average Bonchev–Trinajstić information content (AvgIpc) is 3.21. The van der Waals surface area contributed by atoms with Gasteiger partial charge in [-0.05, 0) is 30.0 Å². The zero-order valence-corrected chi connectivity index (χ0v) is 16.5. The Bertz CT molecular complexity index is 819. The number of hydrogen-bond acceptors (Lipinski definition) is 4. The van der Waals surface area contributed by atoms with E-state index in [1.165, 1.54) is 0 Å². The molecule has 0 aliphatic rings. The molecule has 2 heterocycles. The highest BCUT2D eigenvalue weighted by molar-refractivity contribution is 7.09. The van der Waals surface area contributed by atoms with Crippen molar-refractivity contribution in [2.75, 3.05) is 0 Å². The molecule has 140 valence electrons. The highest BCUT2D eigenvalue weighted by Crippen LogP contribution is 2.26. The third-order valence-electron chi connectivity index (χ3n) is 4.43. The lowest BCUT2D eigenvalue weighted by atomic mass is 9.92. The van der Waals surface area contributed by atoms with Crippen LogP contribution in [0.25, 0.3) is 0 Å². The Morgan fingerprint density at radius 3 is 2.44 bits per heavy atom. The Morgan fingerprint density at radius 1 is 1.04 bits per heavy atom. The molecule has 0 bridgehead atoms. The van der Waals surface area contributed by atoms with Crippen LogP contribution < -0.4 is 5.32 Å². The highest BCUT2D eigenvalue weighted by Gasteiger charge is 2.26. The largest absolute Gasteiger partial charge is 0.346 e. The van der Waals surface area contributed by atoms with E-state index in [9.17, 15) is 4.79 Å². The maximum Gasteiger partial charge on any atom is 0.228 e. The summed E-state index contributed by atoms with van der Waals surface area (Å²) < 4.78 is 0. The quantitative estimate of drug-likeness (QED) is 0.613. The SMILES string of the molecule is CC(C)CC(NC(=O)C(Cc1ccccn1)c1ccccc1)c1nccs1. The van der Waals surface area contributed by atoms with Gasteiger partial charge in [0.1, 0.15) is 5.01 Å². The topological polar surface area (TPSA) is 54.9 Å². The van der Waals surface area contributed by atoms with Crippen molar-refractivity contribution in [2.24, 2.45) is 5.92 Å². The van der Waals surface area contributed by atoms with Gasteiger partial charge in [0, 0.05) is 29.9 Å². The molecule has 3 rings (SSSR count). The Kier molecular flexibility index (Phi) is 6.71. The predicted octanol–water partition coefficient (Wildman–Crippen LogP) is 4.77. The van der Waals surface area contributed by atoms with E-state index < -0.39 is 0 Å². The summed E-state index contributed by atoms with van der Waals surface area (Å²) in [6.45, 7) is 4.32. The van der Waals surface area contributed by atoms with Gasteiger partial charge in [-0.2, -0.15) is 0 Å². The summed E-state index contributed by atoms with van der Waals surface area (Å²) in [6, 6.07) is 15.7. The summed E-state index contributed by atoms with van der Waals surface area (Å²) >= 11 is 1.59. The normalized spacial score (nSPS) is 13.3. The Morgan fingerprint density at radius 2 is 1.81 bits per heavy atom. The molecule has 1 N–H and O–H groups in total. The Labute approximate surface area is 164 Å². The molecular formula is C22H25N3OS. The molecular weight excluding hydrogens is 354 g/mol. The summed E-state index contributed by atoms with van der Waals surface area (Å²) in [7, 11) is 0. The molecule has 0 aliphatic carbocycles. The predicted molar refractivity (Wildman–Crippen MR) is 110 cm³/mol. The molecule has 5 heteroatoms. The molecule has 2 atom stereocenters. The lowest BCUT2D eigenvalue weighted by molar-refractivity contribution is -0.123. The van der Waals surface area contributed by atoms with E-state index in [1.54, 1.807) is 23.7 Å². The van der Waals surface area contributed by atoms with Crippen LogP contribution in [0.2, 0.25) is 0 Å². The molecule has 0 radical (unpaired) electrons. The van der Waals surface area contributed by atoms with Gasteiger partial charge in [-0.3, -0.25) is 9.78 Å². The molecule has 0 saturated carbocycles. The molecule has 2 unspecified atom stereocenters. The maximum absolute atomic E-state index is 13.3. The smallest absolute Gasteiger partial charge is 0.228 e. The third kappa shape index (κ3) is 5.47. The van der Waals surface area contributed by atoms with Crippen LogP contribution in [-0.4, -0.2) is 15.9 Å². The van der Waals surface area contributed by atoms with Crippen LogP contribution in [-0.2, 0) is 11.2 Å². The van der Waals surface area contributed by atoms with E-state index in [4.69, 9.17) is 0 Å².